The van der Waals surface area contributed by atoms with Crippen LogP contribution >= 0.6 is 28.1 Å². The fraction of sp³-hybridized carbons (Fsp3) is 0.152. The quantitative estimate of drug-likeness (QED) is 0.196. The Hall–Kier alpha value is -3.94. The first kappa shape index (κ1) is 26.3. The van der Waals surface area contributed by atoms with Gasteiger partial charge in [0.2, 0.25) is 0 Å². The number of thiocarbonyl (C=S) groups is 1. The number of ether oxygens (including phenoxy) is 1. The van der Waals surface area contributed by atoms with Gasteiger partial charge in [0.1, 0.15) is 11.5 Å². The molecule has 2 aromatic heterocycles. The molecule has 6 rings (SSSR count). The SMILES string of the molecule is Cc1ccc(Oc2ccc(N3C(=S)N[C@@H](c4ccccn4)[C@@H]3c3cc(C)n(-c4ccccc4Br)c3C)cc2)cc1. The molecule has 5 nitrogen and oxygen atoms in total. The largest absolute Gasteiger partial charge is 0.457 e. The molecule has 7 heteroatoms. The minimum absolute atomic E-state index is 0.103. The fourth-order valence-electron chi connectivity index (χ4n) is 5.46. The van der Waals surface area contributed by atoms with E-state index in [0.717, 1.165) is 44.4 Å². The van der Waals surface area contributed by atoms with Crippen LogP contribution in [0.4, 0.5) is 5.69 Å². The highest BCUT2D eigenvalue weighted by molar-refractivity contribution is 9.10. The van der Waals surface area contributed by atoms with Gasteiger partial charge in [-0.3, -0.25) is 4.98 Å². The summed E-state index contributed by atoms with van der Waals surface area (Å²) in [4.78, 5) is 6.92. The number of hydrogen-bond donors (Lipinski definition) is 1. The van der Waals surface area contributed by atoms with Crippen molar-refractivity contribution >= 4 is 38.9 Å². The standard InChI is InChI=1S/C33H29BrN4OS/c1-21-11-15-25(16-12-21)39-26-17-13-24(14-18-26)38-32(31(36-33(38)40)29-9-6-7-19-35-29)27-20-22(2)37(23(27)3)30-10-5-4-8-28(30)34/h4-20,31-32H,1-3H3,(H,36,40)/t31-,32-/m0/s1. The average Bonchev–Trinajstić information content (AvgIpc) is 3.46. The van der Waals surface area contributed by atoms with E-state index in [4.69, 9.17) is 21.9 Å². The number of nitrogens with zero attached hydrogens (tertiary/aromatic N) is 3. The molecule has 0 radical (unpaired) electrons. The van der Waals surface area contributed by atoms with Gasteiger partial charge in [0.15, 0.2) is 5.11 Å². The Morgan fingerprint density at radius 1 is 0.850 bits per heavy atom. The van der Waals surface area contributed by atoms with E-state index < -0.39 is 0 Å². The number of benzene rings is 3. The van der Waals surface area contributed by atoms with Gasteiger partial charge in [-0.1, -0.05) is 35.9 Å². The predicted octanol–water partition coefficient (Wildman–Crippen LogP) is 8.53. The summed E-state index contributed by atoms with van der Waals surface area (Å²) < 4.78 is 9.44. The second-order valence-corrected chi connectivity index (χ2v) is 11.3. The fourth-order valence-corrected chi connectivity index (χ4v) is 6.27. The second kappa shape index (κ2) is 10.9. The van der Waals surface area contributed by atoms with Crippen LogP contribution in [0.1, 0.15) is 40.3 Å². The average molecular weight is 610 g/mol. The third-order valence-corrected chi connectivity index (χ3v) is 8.34. The predicted molar refractivity (Wildman–Crippen MR) is 169 cm³/mol. The lowest BCUT2D eigenvalue weighted by molar-refractivity contribution is 0.482. The molecular formula is C33H29BrN4OS. The first-order valence-corrected chi connectivity index (χ1v) is 14.4. The third kappa shape index (κ3) is 4.91. The van der Waals surface area contributed by atoms with Gasteiger partial charge in [0, 0.05) is 27.7 Å². The van der Waals surface area contributed by atoms with Crippen LogP contribution in [-0.4, -0.2) is 14.7 Å². The van der Waals surface area contributed by atoms with Crippen LogP contribution in [0.25, 0.3) is 5.69 Å². The number of halogens is 1. The van der Waals surface area contributed by atoms with E-state index in [9.17, 15) is 0 Å². The van der Waals surface area contributed by atoms with Crippen molar-refractivity contribution in [3.8, 4) is 17.2 Å². The number of aryl methyl sites for hydroxylation is 2. The molecule has 1 N–H and O–H groups in total. The van der Waals surface area contributed by atoms with E-state index in [1.54, 1.807) is 0 Å². The number of aromatic nitrogens is 2. The van der Waals surface area contributed by atoms with Crippen molar-refractivity contribution in [2.75, 3.05) is 4.90 Å². The van der Waals surface area contributed by atoms with Crippen LogP contribution in [0.15, 0.2) is 108 Å². The molecule has 200 valence electrons. The lowest BCUT2D eigenvalue weighted by Crippen LogP contribution is -2.29. The maximum Gasteiger partial charge on any atom is 0.174 e. The van der Waals surface area contributed by atoms with E-state index in [1.165, 1.54) is 11.1 Å². The van der Waals surface area contributed by atoms with Crippen LogP contribution in [-0.2, 0) is 0 Å². The zero-order valence-corrected chi connectivity index (χ0v) is 24.9. The first-order valence-electron chi connectivity index (χ1n) is 13.2. The van der Waals surface area contributed by atoms with Crippen LogP contribution in [0.5, 0.6) is 11.5 Å². The minimum Gasteiger partial charge on any atom is -0.457 e. The molecule has 40 heavy (non-hydrogen) atoms. The summed E-state index contributed by atoms with van der Waals surface area (Å²) in [5, 5.41) is 4.24. The van der Waals surface area contributed by atoms with Gasteiger partial charge in [0.25, 0.3) is 0 Å². The highest BCUT2D eigenvalue weighted by Gasteiger charge is 2.42. The van der Waals surface area contributed by atoms with Crippen molar-refractivity contribution in [3.63, 3.8) is 0 Å². The van der Waals surface area contributed by atoms with Gasteiger partial charge in [-0.25, -0.2) is 0 Å². The van der Waals surface area contributed by atoms with Gasteiger partial charge < -0.3 is 19.5 Å². The van der Waals surface area contributed by atoms with E-state index in [-0.39, 0.29) is 12.1 Å². The number of rotatable bonds is 6. The lowest BCUT2D eigenvalue weighted by Gasteiger charge is -2.28. The normalized spacial score (nSPS) is 16.7. The summed E-state index contributed by atoms with van der Waals surface area (Å²) in [7, 11) is 0. The summed E-state index contributed by atoms with van der Waals surface area (Å²) >= 11 is 9.71. The zero-order chi connectivity index (χ0) is 27.8. The number of anilines is 1. The van der Waals surface area contributed by atoms with Gasteiger partial charge in [-0.2, -0.15) is 0 Å². The van der Waals surface area contributed by atoms with Crippen molar-refractivity contribution < 1.29 is 4.74 Å². The molecular weight excluding hydrogens is 580 g/mol. The molecule has 1 aliphatic rings. The van der Waals surface area contributed by atoms with Crippen molar-refractivity contribution in [2.45, 2.75) is 32.9 Å². The maximum absolute atomic E-state index is 6.09. The minimum atomic E-state index is -0.120. The molecule has 0 amide bonds. The van der Waals surface area contributed by atoms with Crippen molar-refractivity contribution in [1.82, 2.24) is 14.9 Å². The number of pyridine rings is 1. The Morgan fingerprint density at radius 3 is 2.20 bits per heavy atom. The second-order valence-electron chi connectivity index (χ2n) is 10.0. The Bertz CT molecular complexity index is 1670. The molecule has 1 saturated heterocycles. The molecule has 3 aromatic carbocycles. The summed E-state index contributed by atoms with van der Waals surface area (Å²) in [5.41, 5.74) is 7.74. The van der Waals surface area contributed by atoms with Gasteiger partial charge in [0.05, 0.1) is 23.5 Å². The molecule has 5 aromatic rings. The van der Waals surface area contributed by atoms with Crippen molar-refractivity contribution in [3.05, 3.63) is 136 Å². The topological polar surface area (TPSA) is 42.3 Å². The Labute approximate surface area is 248 Å². The van der Waals surface area contributed by atoms with Gasteiger partial charge in [-0.15, -0.1) is 0 Å². The smallest absolute Gasteiger partial charge is 0.174 e. The molecule has 0 saturated carbocycles. The van der Waals surface area contributed by atoms with Crippen LogP contribution in [0.3, 0.4) is 0 Å². The maximum atomic E-state index is 6.09. The van der Waals surface area contributed by atoms with Crippen molar-refractivity contribution in [1.29, 1.82) is 0 Å². The van der Waals surface area contributed by atoms with Crippen LogP contribution in [0, 0.1) is 20.8 Å². The van der Waals surface area contributed by atoms with Crippen LogP contribution in [0.2, 0.25) is 0 Å². The highest BCUT2D eigenvalue weighted by Crippen LogP contribution is 2.44. The summed E-state index contributed by atoms with van der Waals surface area (Å²) in [6.45, 7) is 6.39. The van der Waals surface area contributed by atoms with E-state index in [0.29, 0.717) is 5.11 Å². The number of nitrogens with one attached hydrogen (secondary N) is 1. The summed E-state index contributed by atoms with van der Waals surface area (Å²) in [5.74, 6) is 1.58. The monoisotopic (exact) mass is 608 g/mol. The Kier molecular flexibility index (Phi) is 7.17. The zero-order valence-electron chi connectivity index (χ0n) is 22.5. The van der Waals surface area contributed by atoms with Crippen LogP contribution < -0.4 is 15.0 Å². The molecule has 0 bridgehead atoms. The molecule has 0 spiro atoms. The lowest BCUT2D eigenvalue weighted by atomic mass is 9.96. The molecule has 1 aliphatic heterocycles. The summed E-state index contributed by atoms with van der Waals surface area (Å²) in [6.07, 6.45) is 1.83. The first-order chi connectivity index (χ1) is 19.4. The Morgan fingerprint density at radius 2 is 1.52 bits per heavy atom. The van der Waals surface area contributed by atoms with Gasteiger partial charge in [-0.05, 0) is 121 Å². The molecule has 3 heterocycles. The number of hydrogen-bond acceptors (Lipinski definition) is 3. The summed E-state index contributed by atoms with van der Waals surface area (Å²) in [6, 6.07) is 32.6. The van der Waals surface area contributed by atoms with E-state index in [2.05, 4.69) is 93.9 Å². The van der Waals surface area contributed by atoms with Crippen molar-refractivity contribution in [2.24, 2.45) is 0 Å². The highest BCUT2D eigenvalue weighted by atomic mass is 79.9. The van der Waals surface area contributed by atoms with E-state index in [1.807, 2.05) is 60.8 Å². The Balaban J connectivity index is 1.41. The van der Waals surface area contributed by atoms with Gasteiger partial charge >= 0.3 is 0 Å². The number of para-hydroxylation sites is 1. The molecule has 0 unspecified atom stereocenters. The van der Waals surface area contributed by atoms with E-state index >= 15 is 0 Å². The molecule has 2 atom stereocenters. The molecule has 0 aliphatic carbocycles. The third-order valence-electron chi connectivity index (χ3n) is 7.35. The molecule has 1 fully saturated rings.